The van der Waals surface area contributed by atoms with Crippen molar-refractivity contribution < 1.29 is 4.79 Å². The van der Waals surface area contributed by atoms with Gasteiger partial charge in [0.05, 0.1) is 5.92 Å². The zero-order chi connectivity index (χ0) is 13.4. The van der Waals surface area contributed by atoms with Crippen molar-refractivity contribution in [1.82, 2.24) is 10.6 Å². The SMILES string of the molecule is CCCCC(CCC)NC(=O)C1CNCC(C)C1. The minimum absolute atomic E-state index is 0.176. The lowest BCUT2D eigenvalue weighted by Crippen LogP contribution is -2.46. The molecule has 0 saturated carbocycles. The second-order valence-electron chi connectivity index (χ2n) is 5.83. The maximum absolute atomic E-state index is 12.2. The molecule has 0 radical (unpaired) electrons. The Labute approximate surface area is 112 Å². The van der Waals surface area contributed by atoms with Crippen molar-refractivity contribution in [3.05, 3.63) is 0 Å². The number of nitrogens with one attached hydrogen (secondary N) is 2. The molecule has 0 aromatic heterocycles. The normalized spacial score (nSPS) is 25.7. The van der Waals surface area contributed by atoms with E-state index in [4.69, 9.17) is 0 Å². The third-order valence-corrected chi connectivity index (χ3v) is 3.83. The standard InChI is InChI=1S/C15H30N2O/c1-4-6-8-14(7-5-2)17-15(18)13-9-12(3)10-16-11-13/h12-14,16H,4-11H2,1-3H3,(H,17,18). The predicted molar refractivity (Wildman–Crippen MR) is 76.5 cm³/mol. The van der Waals surface area contributed by atoms with Gasteiger partial charge in [-0.1, -0.05) is 40.0 Å². The topological polar surface area (TPSA) is 41.1 Å². The first-order valence-corrected chi connectivity index (χ1v) is 7.68. The molecule has 0 spiro atoms. The van der Waals surface area contributed by atoms with Crippen molar-refractivity contribution in [3.8, 4) is 0 Å². The van der Waals surface area contributed by atoms with Gasteiger partial charge in [0.15, 0.2) is 0 Å². The number of hydrogen-bond acceptors (Lipinski definition) is 2. The van der Waals surface area contributed by atoms with Crippen LogP contribution >= 0.6 is 0 Å². The molecule has 0 aromatic carbocycles. The fourth-order valence-electron chi connectivity index (χ4n) is 2.76. The van der Waals surface area contributed by atoms with Crippen LogP contribution in [0.3, 0.4) is 0 Å². The zero-order valence-electron chi connectivity index (χ0n) is 12.3. The first-order chi connectivity index (χ1) is 8.67. The maximum Gasteiger partial charge on any atom is 0.224 e. The van der Waals surface area contributed by atoms with E-state index in [1.54, 1.807) is 0 Å². The molecule has 1 amide bonds. The molecule has 1 saturated heterocycles. The Morgan fingerprint density at radius 1 is 1.28 bits per heavy atom. The van der Waals surface area contributed by atoms with Gasteiger partial charge in [-0.05, 0) is 31.7 Å². The number of hydrogen-bond donors (Lipinski definition) is 2. The van der Waals surface area contributed by atoms with Gasteiger partial charge in [0.1, 0.15) is 0 Å². The van der Waals surface area contributed by atoms with Crippen molar-refractivity contribution in [2.45, 2.75) is 65.3 Å². The first-order valence-electron chi connectivity index (χ1n) is 7.68. The lowest BCUT2D eigenvalue weighted by atomic mass is 9.90. The average Bonchev–Trinajstić information content (AvgIpc) is 2.36. The predicted octanol–water partition coefficient (Wildman–Crippen LogP) is 2.71. The highest BCUT2D eigenvalue weighted by molar-refractivity contribution is 5.79. The zero-order valence-corrected chi connectivity index (χ0v) is 12.3. The van der Waals surface area contributed by atoms with Crippen molar-refractivity contribution >= 4 is 5.91 Å². The van der Waals surface area contributed by atoms with E-state index in [0.29, 0.717) is 12.0 Å². The largest absolute Gasteiger partial charge is 0.353 e. The average molecular weight is 254 g/mol. The van der Waals surface area contributed by atoms with E-state index < -0.39 is 0 Å². The Hall–Kier alpha value is -0.570. The molecule has 1 rings (SSSR count). The van der Waals surface area contributed by atoms with Crippen molar-refractivity contribution in [3.63, 3.8) is 0 Å². The Morgan fingerprint density at radius 3 is 2.67 bits per heavy atom. The van der Waals surface area contributed by atoms with Crippen LogP contribution in [-0.4, -0.2) is 25.0 Å². The lowest BCUT2D eigenvalue weighted by molar-refractivity contribution is -0.126. The third-order valence-electron chi connectivity index (χ3n) is 3.83. The molecule has 1 fully saturated rings. The molecule has 3 unspecified atom stereocenters. The summed E-state index contributed by atoms with van der Waals surface area (Å²) in [6.45, 7) is 8.51. The number of amides is 1. The van der Waals surface area contributed by atoms with E-state index in [9.17, 15) is 4.79 Å². The molecule has 1 heterocycles. The van der Waals surface area contributed by atoms with Crippen LogP contribution in [0.25, 0.3) is 0 Å². The first kappa shape index (κ1) is 15.5. The molecule has 3 atom stereocenters. The molecule has 0 bridgehead atoms. The summed E-state index contributed by atoms with van der Waals surface area (Å²) in [5, 5.41) is 6.62. The van der Waals surface area contributed by atoms with Gasteiger partial charge in [-0.15, -0.1) is 0 Å². The molecule has 2 N–H and O–H groups in total. The second-order valence-corrected chi connectivity index (χ2v) is 5.83. The summed E-state index contributed by atoms with van der Waals surface area (Å²) in [5.41, 5.74) is 0. The molecule has 1 aliphatic heterocycles. The lowest BCUT2D eigenvalue weighted by Gasteiger charge is -2.28. The van der Waals surface area contributed by atoms with E-state index in [1.165, 1.54) is 12.8 Å². The Bertz CT molecular complexity index is 243. The molecule has 18 heavy (non-hydrogen) atoms. The van der Waals surface area contributed by atoms with Gasteiger partial charge >= 0.3 is 0 Å². The fraction of sp³-hybridized carbons (Fsp3) is 0.933. The quantitative estimate of drug-likeness (QED) is 0.733. The van der Waals surface area contributed by atoms with Crippen molar-refractivity contribution in [2.75, 3.05) is 13.1 Å². The van der Waals surface area contributed by atoms with E-state index in [-0.39, 0.29) is 11.8 Å². The van der Waals surface area contributed by atoms with E-state index >= 15 is 0 Å². The molecule has 106 valence electrons. The van der Waals surface area contributed by atoms with Crippen molar-refractivity contribution in [1.29, 1.82) is 0 Å². The fourth-order valence-corrected chi connectivity index (χ4v) is 2.76. The summed E-state index contributed by atoms with van der Waals surface area (Å²) in [4.78, 5) is 12.2. The molecule has 0 aliphatic carbocycles. The smallest absolute Gasteiger partial charge is 0.224 e. The Balaban J connectivity index is 2.38. The third kappa shape index (κ3) is 5.38. The van der Waals surface area contributed by atoms with Gasteiger partial charge < -0.3 is 10.6 Å². The van der Waals surface area contributed by atoms with Crippen LogP contribution in [0.1, 0.15) is 59.3 Å². The summed E-state index contributed by atoms with van der Waals surface area (Å²) < 4.78 is 0. The van der Waals surface area contributed by atoms with Crippen LogP contribution in [0, 0.1) is 11.8 Å². The minimum Gasteiger partial charge on any atom is -0.353 e. The summed E-state index contributed by atoms with van der Waals surface area (Å²) in [5.74, 6) is 1.06. The summed E-state index contributed by atoms with van der Waals surface area (Å²) in [6, 6.07) is 0.389. The van der Waals surface area contributed by atoms with Crippen LogP contribution < -0.4 is 10.6 Å². The molecule has 3 heteroatoms. The number of carbonyl (C=O) groups is 1. The summed E-state index contributed by atoms with van der Waals surface area (Å²) in [7, 11) is 0. The highest BCUT2D eigenvalue weighted by Gasteiger charge is 2.25. The van der Waals surface area contributed by atoms with Gasteiger partial charge in [-0.3, -0.25) is 4.79 Å². The van der Waals surface area contributed by atoms with Crippen LogP contribution in [-0.2, 0) is 4.79 Å². The van der Waals surface area contributed by atoms with E-state index in [2.05, 4.69) is 31.4 Å². The second kappa shape index (κ2) is 8.52. The number of piperidine rings is 1. The van der Waals surface area contributed by atoms with Crippen LogP contribution in [0.5, 0.6) is 0 Å². The van der Waals surface area contributed by atoms with Gasteiger partial charge in [0.25, 0.3) is 0 Å². The van der Waals surface area contributed by atoms with Gasteiger partial charge in [-0.2, -0.15) is 0 Å². The highest BCUT2D eigenvalue weighted by atomic mass is 16.2. The van der Waals surface area contributed by atoms with E-state index in [0.717, 1.165) is 38.8 Å². The highest BCUT2D eigenvalue weighted by Crippen LogP contribution is 2.17. The number of unbranched alkanes of at least 4 members (excludes halogenated alkanes) is 1. The van der Waals surface area contributed by atoms with Gasteiger partial charge in [-0.25, -0.2) is 0 Å². The monoisotopic (exact) mass is 254 g/mol. The summed E-state index contributed by atoms with van der Waals surface area (Å²) in [6.07, 6.45) is 6.84. The van der Waals surface area contributed by atoms with Crippen LogP contribution in [0.15, 0.2) is 0 Å². The molecule has 0 aromatic rings. The summed E-state index contributed by atoms with van der Waals surface area (Å²) >= 11 is 0. The molecule has 1 aliphatic rings. The van der Waals surface area contributed by atoms with Crippen LogP contribution in [0.4, 0.5) is 0 Å². The Kier molecular flexibility index (Phi) is 7.33. The number of rotatable bonds is 7. The van der Waals surface area contributed by atoms with Gasteiger partial charge in [0.2, 0.25) is 5.91 Å². The minimum atomic E-state index is 0.176. The maximum atomic E-state index is 12.2. The Morgan fingerprint density at radius 2 is 2.06 bits per heavy atom. The van der Waals surface area contributed by atoms with E-state index in [1.807, 2.05) is 0 Å². The van der Waals surface area contributed by atoms with Crippen molar-refractivity contribution in [2.24, 2.45) is 11.8 Å². The number of carbonyl (C=O) groups excluding carboxylic acids is 1. The molecular formula is C15H30N2O. The van der Waals surface area contributed by atoms with Crippen LogP contribution in [0.2, 0.25) is 0 Å². The molecule has 3 nitrogen and oxygen atoms in total. The van der Waals surface area contributed by atoms with Gasteiger partial charge in [0, 0.05) is 12.6 Å². The molecular weight excluding hydrogens is 224 g/mol.